The molecule has 0 saturated carbocycles. The van der Waals surface area contributed by atoms with Crippen molar-refractivity contribution in [1.82, 2.24) is 9.80 Å². The van der Waals surface area contributed by atoms with Crippen molar-refractivity contribution in [1.29, 1.82) is 0 Å². The Morgan fingerprint density at radius 1 is 1.13 bits per heavy atom. The molecule has 4 atom stereocenters. The Morgan fingerprint density at radius 3 is 2.13 bits per heavy atom. The minimum atomic E-state index is -0.105. The fourth-order valence-electron chi connectivity index (χ4n) is 3.09. The lowest BCUT2D eigenvalue weighted by Crippen LogP contribution is -2.37. The van der Waals surface area contributed by atoms with Crippen LogP contribution in [0.15, 0.2) is 73.3 Å². The molecule has 2 heteroatoms. The van der Waals surface area contributed by atoms with Gasteiger partial charge in [-0.2, -0.15) is 0 Å². The molecule has 0 aromatic heterocycles. The molecule has 0 spiro atoms. The minimum Gasteiger partial charge on any atom is -0.292 e. The molecule has 1 fully saturated rings. The Bertz CT molecular complexity index is 602. The Hall–Kier alpha value is -1.90. The zero-order valence-electron chi connectivity index (χ0n) is 14.8. The van der Waals surface area contributed by atoms with Crippen LogP contribution < -0.4 is 0 Å². The predicted molar refractivity (Wildman–Crippen MR) is 97.2 cm³/mol. The van der Waals surface area contributed by atoms with Gasteiger partial charge in [-0.3, -0.25) is 9.80 Å². The SMILES string of the molecule is [2H][C@H]1[C@@H]([C@@H](C)N(Cc2ccccc2)Cc2ccccc2)N1CC=C. The molecule has 1 unspecified atom stereocenters. The Kier molecular flexibility index (Phi) is 4.84. The van der Waals surface area contributed by atoms with Crippen LogP contribution in [0.1, 0.15) is 19.4 Å². The van der Waals surface area contributed by atoms with Gasteiger partial charge in [0.25, 0.3) is 0 Å². The highest BCUT2D eigenvalue weighted by Gasteiger charge is 2.39. The van der Waals surface area contributed by atoms with Crippen LogP contribution in [0, 0.1) is 0 Å². The number of hydrogen-bond acceptors (Lipinski definition) is 2. The zero-order chi connectivity index (χ0) is 16.9. The molecule has 3 rings (SSSR count). The Morgan fingerprint density at radius 2 is 1.65 bits per heavy atom. The lowest BCUT2D eigenvalue weighted by atomic mass is 10.1. The van der Waals surface area contributed by atoms with Crippen molar-refractivity contribution < 1.29 is 1.37 Å². The second-order valence-electron chi connectivity index (χ2n) is 6.24. The van der Waals surface area contributed by atoms with E-state index < -0.39 is 0 Å². The van der Waals surface area contributed by atoms with Gasteiger partial charge in [-0.1, -0.05) is 66.7 Å². The molecule has 2 nitrogen and oxygen atoms in total. The number of benzene rings is 2. The first-order valence-corrected chi connectivity index (χ1v) is 8.31. The average molecular weight is 307 g/mol. The van der Waals surface area contributed by atoms with Gasteiger partial charge in [-0.25, -0.2) is 0 Å². The second-order valence-corrected chi connectivity index (χ2v) is 6.24. The van der Waals surface area contributed by atoms with Gasteiger partial charge in [0, 0.05) is 39.6 Å². The summed E-state index contributed by atoms with van der Waals surface area (Å²) in [5.41, 5.74) is 2.63. The van der Waals surface area contributed by atoms with E-state index in [-0.39, 0.29) is 12.6 Å². The van der Waals surface area contributed by atoms with E-state index in [1.54, 1.807) is 0 Å². The molecule has 2 aromatic carbocycles. The first kappa shape index (κ1) is 14.7. The van der Waals surface area contributed by atoms with Gasteiger partial charge in [-0.05, 0) is 18.1 Å². The number of rotatable bonds is 8. The molecule has 23 heavy (non-hydrogen) atoms. The largest absolute Gasteiger partial charge is 0.292 e. The van der Waals surface area contributed by atoms with Crippen LogP contribution in [0.5, 0.6) is 0 Å². The molecule has 1 saturated heterocycles. The van der Waals surface area contributed by atoms with Crippen LogP contribution in [0.3, 0.4) is 0 Å². The van der Waals surface area contributed by atoms with E-state index in [2.05, 4.69) is 84.0 Å². The van der Waals surface area contributed by atoms with E-state index in [4.69, 9.17) is 1.37 Å². The normalized spacial score (nSPS) is 25.0. The van der Waals surface area contributed by atoms with Crippen LogP contribution in [0.4, 0.5) is 0 Å². The third-order valence-corrected chi connectivity index (χ3v) is 4.50. The number of hydrogen-bond donors (Lipinski definition) is 0. The lowest BCUT2D eigenvalue weighted by Gasteiger charge is -2.29. The molecule has 1 aliphatic rings. The third kappa shape index (κ3) is 4.31. The molecule has 120 valence electrons. The third-order valence-electron chi connectivity index (χ3n) is 4.50. The maximum absolute atomic E-state index is 8.25. The van der Waals surface area contributed by atoms with E-state index in [0.29, 0.717) is 6.04 Å². The first-order valence-electron chi connectivity index (χ1n) is 8.89. The molecule has 0 bridgehead atoms. The standard InChI is InChI=1S/C21H26N2/c1-3-14-22-17-21(22)18(2)23(15-19-10-6-4-7-11-19)16-20-12-8-5-9-13-20/h3-13,18,21H,1,14-17H2,2H3/t18-,21+,22?/m1/s1/i17D/t17-,18+,21-,22?/m0. The Labute approximate surface area is 141 Å². The van der Waals surface area contributed by atoms with Crippen molar-refractivity contribution >= 4 is 0 Å². The highest BCUT2D eigenvalue weighted by atomic mass is 15.4. The lowest BCUT2D eigenvalue weighted by molar-refractivity contribution is 0.176. The van der Waals surface area contributed by atoms with Crippen LogP contribution in [0.2, 0.25) is 0 Å². The molecule has 0 radical (unpaired) electrons. The van der Waals surface area contributed by atoms with E-state index in [0.717, 1.165) is 19.6 Å². The van der Waals surface area contributed by atoms with Gasteiger partial charge in [0.05, 0.1) is 0 Å². The predicted octanol–water partition coefficient (Wildman–Crippen LogP) is 3.95. The van der Waals surface area contributed by atoms with Gasteiger partial charge in [-0.15, -0.1) is 6.58 Å². The van der Waals surface area contributed by atoms with E-state index >= 15 is 0 Å². The second kappa shape index (κ2) is 7.58. The average Bonchev–Trinajstić information content (AvgIpc) is 3.25. The van der Waals surface area contributed by atoms with Crippen molar-refractivity contribution in [3.8, 4) is 0 Å². The first-order chi connectivity index (χ1) is 11.7. The van der Waals surface area contributed by atoms with Crippen LogP contribution in [-0.2, 0) is 13.1 Å². The zero-order valence-corrected chi connectivity index (χ0v) is 13.8. The van der Waals surface area contributed by atoms with Crippen molar-refractivity contribution in [2.45, 2.75) is 32.1 Å². The van der Waals surface area contributed by atoms with Gasteiger partial charge in [0.1, 0.15) is 0 Å². The van der Waals surface area contributed by atoms with Crippen molar-refractivity contribution in [3.05, 3.63) is 84.4 Å². The Balaban J connectivity index is 1.75. The van der Waals surface area contributed by atoms with Gasteiger partial charge in [0.15, 0.2) is 0 Å². The van der Waals surface area contributed by atoms with Crippen LogP contribution in [-0.4, -0.2) is 34.9 Å². The summed E-state index contributed by atoms with van der Waals surface area (Å²) in [5, 5.41) is 0. The molecule has 0 aliphatic carbocycles. The van der Waals surface area contributed by atoms with Gasteiger partial charge < -0.3 is 0 Å². The van der Waals surface area contributed by atoms with Crippen LogP contribution in [0.25, 0.3) is 0 Å². The van der Waals surface area contributed by atoms with Crippen molar-refractivity contribution in [3.63, 3.8) is 0 Å². The maximum Gasteiger partial charge on any atom is 0.0448 e. The summed E-state index contributed by atoms with van der Waals surface area (Å²) >= 11 is 0. The molecular formula is C21H26N2. The van der Waals surface area contributed by atoms with Crippen molar-refractivity contribution in [2.75, 3.05) is 13.1 Å². The van der Waals surface area contributed by atoms with E-state index in [1.807, 2.05) is 6.08 Å². The minimum absolute atomic E-state index is 0.105. The van der Waals surface area contributed by atoms with Gasteiger partial charge >= 0.3 is 0 Å². The number of nitrogens with zero attached hydrogens (tertiary/aromatic N) is 2. The maximum atomic E-state index is 8.25. The summed E-state index contributed by atoms with van der Waals surface area (Å²) in [4.78, 5) is 4.68. The fourth-order valence-corrected chi connectivity index (χ4v) is 3.09. The summed E-state index contributed by atoms with van der Waals surface area (Å²) in [6, 6.07) is 21.8. The smallest absolute Gasteiger partial charge is 0.0448 e. The summed E-state index contributed by atoms with van der Waals surface area (Å²) in [6.45, 7) is 8.57. The van der Waals surface area contributed by atoms with E-state index in [1.165, 1.54) is 11.1 Å². The topological polar surface area (TPSA) is 6.25 Å². The quantitative estimate of drug-likeness (QED) is 0.538. The molecule has 1 heterocycles. The molecule has 2 aromatic rings. The molecule has 0 N–H and O–H groups in total. The fraction of sp³-hybridized carbons (Fsp3) is 0.333. The summed E-state index contributed by atoms with van der Waals surface area (Å²) in [5.74, 6) is 0. The van der Waals surface area contributed by atoms with Crippen LogP contribution >= 0.6 is 0 Å². The molecule has 1 aliphatic heterocycles. The van der Waals surface area contributed by atoms with Gasteiger partial charge in [0.2, 0.25) is 0 Å². The highest BCUT2D eigenvalue weighted by Crippen LogP contribution is 2.26. The monoisotopic (exact) mass is 307 g/mol. The molecular weight excluding hydrogens is 280 g/mol. The summed E-state index contributed by atoms with van der Waals surface area (Å²) < 4.78 is 8.25. The van der Waals surface area contributed by atoms with Crippen molar-refractivity contribution in [2.24, 2.45) is 0 Å². The summed E-state index contributed by atoms with van der Waals surface area (Å²) in [7, 11) is 0. The molecule has 0 amide bonds. The van der Waals surface area contributed by atoms with E-state index in [9.17, 15) is 0 Å². The summed E-state index contributed by atoms with van der Waals surface area (Å²) in [6.07, 6.45) is 1.90. The highest BCUT2D eigenvalue weighted by molar-refractivity contribution is 5.18.